The molecule has 1 atom stereocenters. The van der Waals surface area contributed by atoms with E-state index in [-0.39, 0.29) is 11.5 Å². The second-order valence-corrected chi connectivity index (χ2v) is 8.65. The van der Waals surface area contributed by atoms with Crippen molar-refractivity contribution < 1.29 is 4.79 Å². The van der Waals surface area contributed by atoms with Crippen LogP contribution in [0.1, 0.15) is 26.7 Å². The fraction of sp³-hybridized carbons (Fsp3) is 0.250. The number of carbonyl (C=O) groups excluding carboxylic acids is 1. The average Bonchev–Trinajstić information content (AvgIpc) is 2.79. The van der Waals surface area contributed by atoms with Crippen molar-refractivity contribution in [3.05, 3.63) is 71.1 Å². The number of hydrogen-bond acceptors (Lipinski definition) is 5. The maximum Gasteiger partial charge on any atom is 0.262 e. The van der Waals surface area contributed by atoms with Crippen LogP contribution >= 0.6 is 11.8 Å². The van der Waals surface area contributed by atoms with Gasteiger partial charge in [0.2, 0.25) is 5.91 Å². The molecule has 4 rings (SSSR count). The molecule has 2 aromatic carbocycles. The Hall–Kier alpha value is -3.19. The number of benzene rings is 2. The summed E-state index contributed by atoms with van der Waals surface area (Å²) < 4.78 is 1.70. The van der Waals surface area contributed by atoms with Crippen LogP contribution in [-0.4, -0.2) is 25.7 Å². The summed E-state index contributed by atoms with van der Waals surface area (Å²) in [4.78, 5) is 35.1. The van der Waals surface area contributed by atoms with Crippen LogP contribution in [0.3, 0.4) is 0 Å². The second-order valence-electron chi connectivity index (χ2n) is 7.35. The first-order valence-electron chi connectivity index (χ1n) is 10.4. The number of nitrogens with zero attached hydrogens (tertiary/aromatic N) is 3. The number of carbonyl (C=O) groups is 1. The van der Waals surface area contributed by atoms with E-state index >= 15 is 0 Å². The highest BCUT2D eigenvalue weighted by atomic mass is 32.2. The summed E-state index contributed by atoms with van der Waals surface area (Å²) in [5.41, 5.74) is 2.13. The van der Waals surface area contributed by atoms with Crippen molar-refractivity contribution in [3.63, 3.8) is 0 Å². The molecule has 7 heteroatoms. The number of anilines is 1. The zero-order chi connectivity index (χ0) is 21.8. The predicted octanol–water partition coefficient (Wildman–Crippen LogP) is 4.86. The van der Waals surface area contributed by atoms with Crippen molar-refractivity contribution in [2.24, 2.45) is 0 Å². The monoisotopic (exact) mass is 432 g/mol. The lowest BCUT2D eigenvalue weighted by Crippen LogP contribution is -2.27. The molecule has 4 aromatic rings. The molecule has 0 aliphatic heterocycles. The summed E-state index contributed by atoms with van der Waals surface area (Å²) in [5, 5.41) is 4.62. The van der Waals surface area contributed by atoms with Crippen LogP contribution < -0.4 is 10.9 Å². The summed E-state index contributed by atoms with van der Waals surface area (Å²) in [6.07, 6.45) is 3.57. The third-order valence-corrected chi connectivity index (χ3v) is 6.21. The normalized spacial score (nSPS) is 12.2. The van der Waals surface area contributed by atoms with E-state index in [4.69, 9.17) is 4.98 Å². The molecule has 0 saturated heterocycles. The zero-order valence-electron chi connectivity index (χ0n) is 17.5. The number of hydrogen-bond donors (Lipinski definition) is 1. The zero-order valence-corrected chi connectivity index (χ0v) is 18.4. The number of rotatable bonds is 7. The van der Waals surface area contributed by atoms with Crippen molar-refractivity contribution in [2.75, 3.05) is 5.32 Å². The van der Waals surface area contributed by atoms with E-state index in [2.05, 4.69) is 17.2 Å². The van der Waals surface area contributed by atoms with E-state index in [0.29, 0.717) is 22.6 Å². The number of pyridine rings is 1. The largest absolute Gasteiger partial charge is 0.324 e. The second kappa shape index (κ2) is 9.31. The molecule has 2 heterocycles. The number of para-hydroxylation sites is 1. The molecular weight excluding hydrogens is 408 g/mol. The maximum atomic E-state index is 13.0. The Kier molecular flexibility index (Phi) is 6.32. The molecule has 0 saturated carbocycles. The van der Waals surface area contributed by atoms with Crippen LogP contribution in [0.4, 0.5) is 5.69 Å². The Morgan fingerprint density at radius 2 is 1.84 bits per heavy atom. The molecule has 0 fully saturated rings. The highest BCUT2D eigenvalue weighted by molar-refractivity contribution is 8.00. The molecule has 2 aromatic heterocycles. The van der Waals surface area contributed by atoms with Gasteiger partial charge in [-0.05, 0) is 49.7 Å². The van der Waals surface area contributed by atoms with Crippen LogP contribution in [0.15, 0.2) is 70.7 Å². The van der Waals surface area contributed by atoms with E-state index in [0.717, 1.165) is 29.4 Å². The molecule has 0 bridgehead atoms. The predicted molar refractivity (Wildman–Crippen MR) is 127 cm³/mol. The first kappa shape index (κ1) is 21.1. The van der Waals surface area contributed by atoms with E-state index in [1.54, 1.807) is 16.8 Å². The fourth-order valence-corrected chi connectivity index (χ4v) is 4.34. The standard InChI is InChI=1S/C24H24N4O2S/c1-3-4-15-28-23(30)18-9-5-6-11-21(18)27-24(28)31-16(2)22(29)26-20-13-7-12-19-17(20)10-8-14-25-19/h5-14,16H,3-4,15H2,1-2H3,(H,26,29). The molecule has 0 aliphatic rings. The van der Waals surface area contributed by atoms with Crippen molar-refractivity contribution in [2.45, 2.75) is 43.6 Å². The number of aromatic nitrogens is 3. The number of fused-ring (bicyclic) bond motifs is 2. The lowest BCUT2D eigenvalue weighted by atomic mass is 10.2. The molecule has 0 aliphatic carbocycles. The van der Waals surface area contributed by atoms with Crippen molar-refractivity contribution in [3.8, 4) is 0 Å². The van der Waals surface area contributed by atoms with Gasteiger partial charge in [-0.2, -0.15) is 0 Å². The number of unbranched alkanes of at least 4 members (excludes halogenated alkanes) is 1. The van der Waals surface area contributed by atoms with E-state index in [9.17, 15) is 9.59 Å². The lowest BCUT2D eigenvalue weighted by molar-refractivity contribution is -0.115. The smallest absolute Gasteiger partial charge is 0.262 e. The summed E-state index contributed by atoms with van der Waals surface area (Å²) in [6, 6.07) is 16.8. The Bertz CT molecular complexity index is 1300. The summed E-state index contributed by atoms with van der Waals surface area (Å²) in [5.74, 6) is -0.147. The van der Waals surface area contributed by atoms with Gasteiger partial charge in [-0.1, -0.05) is 43.3 Å². The number of amides is 1. The van der Waals surface area contributed by atoms with Crippen molar-refractivity contribution in [1.82, 2.24) is 14.5 Å². The third-order valence-electron chi connectivity index (χ3n) is 5.12. The van der Waals surface area contributed by atoms with Gasteiger partial charge >= 0.3 is 0 Å². The first-order valence-corrected chi connectivity index (χ1v) is 11.3. The van der Waals surface area contributed by atoms with Gasteiger partial charge in [0.1, 0.15) is 0 Å². The van der Waals surface area contributed by atoms with Crippen molar-refractivity contribution >= 4 is 45.2 Å². The van der Waals surface area contributed by atoms with Gasteiger partial charge in [0.25, 0.3) is 5.56 Å². The summed E-state index contributed by atoms with van der Waals surface area (Å²) >= 11 is 1.31. The summed E-state index contributed by atoms with van der Waals surface area (Å²) in [7, 11) is 0. The molecular formula is C24H24N4O2S. The molecule has 31 heavy (non-hydrogen) atoms. The number of thioether (sulfide) groups is 1. The van der Waals surface area contributed by atoms with Gasteiger partial charge in [0.15, 0.2) is 5.16 Å². The van der Waals surface area contributed by atoms with Crippen LogP contribution in [-0.2, 0) is 11.3 Å². The van der Waals surface area contributed by atoms with Crippen molar-refractivity contribution in [1.29, 1.82) is 0 Å². The average molecular weight is 433 g/mol. The van der Waals surface area contributed by atoms with Gasteiger partial charge in [0.05, 0.1) is 27.4 Å². The first-order chi connectivity index (χ1) is 15.1. The quantitative estimate of drug-likeness (QED) is 0.333. The molecule has 1 unspecified atom stereocenters. The van der Waals surface area contributed by atoms with Gasteiger partial charge in [-0.15, -0.1) is 0 Å². The minimum Gasteiger partial charge on any atom is -0.324 e. The highest BCUT2D eigenvalue weighted by Gasteiger charge is 2.20. The van der Waals surface area contributed by atoms with E-state index in [1.807, 2.05) is 55.5 Å². The third kappa shape index (κ3) is 4.46. The minimum atomic E-state index is -0.437. The molecule has 1 amide bonds. The molecule has 158 valence electrons. The number of nitrogens with one attached hydrogen (secondary N) is 1. The topological polar surface area (TPSA) is 76.9 Å². The minimum absolute atomic E-state index is 0.0608. The van der Waals surface area contributed by atoms with Gasteiger partial charge in [-0.3, -0.25) is 19.1 Å². The van der Waals surface area contributed by atoms with Crippen LogP contribution in [0.5, 0.6) is 0 Å². The maximum absolute atomic E-state index is 13.0. The van der Waals surface area contributed by atoms with Gasteiger partial charge in [0, 0.05) is 18.1 Å². The Balaban J connectivity index is 1.62. The Morgan fingerprint density at radius 1 is 1.06 bits per heavy atom. The van der Waals surface area contributed by atoms with Crippen LogP contribution in [0.25, 0.3) is 21.8 Å². The van der Waals surface area contributed by atoms with Gasteiger partial charge in [-0.25, -0.2) is 4.98 Å². The highest BCUT2D eigenvalue weighted by Crippen LogP contribution is 2.26. The SMILES string of the molecule is CCCCn1c(SC(C)C(=O)Nc2cccc3ncccc23)nc2ccccc2c1=O. The Morgan fingerprint density at radius 3 is 2.68 bits per heavy atom. The molecule has 6 nitrogen and oxygen atoms in total. The Labute approximate surface area is 184 Å². The van der Waals surface area contributed by atoms with Crippen LogP contribution in [0.2, 0.25) is 0 Å². The summed E-state index contributed by atoms with van der Waals surface area (Å²) in [6.45, 7) is 4.50. The molecule has 0 spiro atoms. The van der Waals surface area contributed by atoms with E-state index < -0.39 is 5.25 Å². The fourth-order valence-electron chi connectivity index (χ4n) is 3.41. The van der Waals surface area contributed by atoms with Gasteiger partial charge < -0.3 is 5.32 Å². The van der Waals surface area contributed by atoms with E-state index in [1.165, 1.54) is 11.8 Å². The molecule has 0 radical (unpaired) electrons. The molecule has 1 N–H and O–H groups in total. The lowest BCUT2D eigenvalue weighted by Gasteiger charge is -2.16. The van der Waals surface area contributed by atoms with Crippen LogP contribution in [0, 0.1) is 0 Å².